The van der Waals surface area contributed by atoms with Gasteiger partial charge in [-0.3, -0.25) is 4.90 Å². The van der Waals surface area contributed by atoms with Gasteiger partial charge in [-0.1, -0.05) is 35.0 Å². The lowest BCUT2D eigenvalue weighted by Crippen LogP contribution is -2.29. The molecule has 2 nitrogen and oxygen atoms in total. The molecule has 1 aromatic carbocycles. The van der Waals surface area contributed by atoms with E-state index < -0.39 is 0 Å². The lowest BCUT2D eigenvalue weighted by Gasteiger charge is -2.25. The molecule has 0 aliphatic carbocycles. The SMILES string of the molecule is CCCNCCCC(C)N(C)Cc1ccc(Br)cc1. The third-order valence-electron chi connectivity index (χ3n) is 3.50. The summed E-state index contributed by atoms with van der Waals surface area (Å²) < 4.78 is 1.15. The van der Waals surface area contributed by atoms with Gasteiger partial charge in [-0.05, 0) is 64.0 Å². The van der Waals surface area contributed by atoms with Crippen molar-refractivity contribution in [3.63, 3.8) is 0 Å². The van der Waals surface area contributed by atoms with Crippen molar-refractivity contribution in [2.45, 2.75) is 45.7 Å². The molecule has 3 heteroatoms. The van der Waals surface area contributed by atoms with Crippen LogP contribution in [-0.4, -0.2) is 31.1 Å². The van der Waals surface area contributed by atoms with Crippen LogP contribution >= 0.6 is 15.9 Å². The fraction of sp³-hybridized carbons (Fsp3) is 0.625. The molecule has 0 amide bonds. The lowest BCUT2D eigenvalue weighted by atomic mass is 10.1. The number of benzene rings is 1. The highest BCUT2D eigenvalue weighted by Crippen LogP contribution is 2.14. The molecular formula is C16H27BrN2. The quantitative estimate of drug-likeness (QED) is 0.689. The molecular weight excluding hydrogens is 300 g/mol. The number of hydrogen-bond acceptors (Lipinski definition) is 2. The summed E-state index contributed by atoms with van der Waals surface area (Å²) in [4.78, 5) is 2.43. The normalized spacial score (nSPS) is 12.9. The van der Waals surface area contributed by atoms with E-state index in [0.717, 1.165) is 24.1 Å². The Balaban J connectivity index is 2.24. The van der Waals surface area contributed by atoms with Crippen molar-refractivity contribution in [3.05, 3.63) is 34.3 Å². The van der Waals surface area contributed by atoms with Crippen LogP contribution in [0.1, 0.15) is 38.7 Å². The van der Waals surface area contributed by atoms with Crippen LogP contribution in [0.25, 0.3) is 0 Å². The summed E-state index contributed by atoms with van der Waals surface area (Å²) >= 11 is 3.47. The van der Waals surface area contributed by atoms with E-state index in [4.69, 9.17) is 0 Å². The second-order valence-electron chi connectivity index (χ2n) is 5.28. The molecule has 0 heterocycles. The first-order valence-corrected chi connectivity index (χ1v) is 8.08. The van der Waals surface area contributed by atoms with Crippen molar-refractivity contribution in [1.29, 1.82) is 0 Å². The van der Waals surface area contributed by atoms with Crippen LogP contribution < -0.4 is 5.32 Å². The minimum Gasteiger partial charge on any atom is -0.317 e. The first kappa shape index (κ1) is 16.7. The zero-order valence-electron chi connectivity index (χ0n) is 12.5. The highest BCUT2D eigenvalue weighted by atomic mass is 79.9. The van der Waals surface area contributed by atoms with E-state index in [-0.39, 0.29) is 0 Å². The van der Waals surface area contributed by atoms with Gasteiger partial charge in [0.05, 0.1) is 0 Å². The minimum atomic E-state index is 0.632. The van der Waals surface area contributed by atoms with Crippen molar-refractivity contribution in [1.82, 2.24) is 10.2 Å². The number of halogens is 1. The molecule has 108 valence electrons. The van der Waals surface area contributed by atoms with Crippen LogP contribution in [0.3, 0.4) is 0 Å². The summed E-state index contributed by atoms with van der Waals surface area (Å²) in [5, 5.41) is 3.46. The van der Waals surface area contributed by atoms with E-state index in [9.17, 15) is 0 Å². The fourth-order valence-corrected chi connectivity index (χ4v) is 2.34. The van der Waals surface area contributed by atoms with E-state index in [1.54, 1.807) is 0 Å². The molecule has 1 N–H and O–H groups in total. The second kappa shape index (κ2) is 9.51. The Morgan fingerprint density at radius 3 is 2.53 bits per heavy atom. The Labute approximate surface area is 126 Å². The highest BCUT2D eigenvalue weighted by Gasteiger charge is 2.09. The van der Waals surface area contributed by atoms with Gasteiger partial charge in [0.15, 0.2) is 0 Å². The van der Waals surface area contributed by atoms with Crippen LogP contribution in [0.15, 0.2) is 28.7 Å². The van der Waals surface area contributed by atoms with Gasteiger partial charge in [0.2, 0.25) is 0 Å². The van der Waals surface area contributed by atoms with Crippen molar-refractivity contribution in [2.75, 3.05) is 20.1 Å². The van der Waals surface area contributed by atoms with Crippen molar-refractivity contribution < 1.29 is 0 Å². The third kappa shape index (κ3) is 7.09. The van der Waals surface area contributed by atoms with Crippen LogP contribution in [0.5, 0.6) is 0 Å². The van der Waals surface area contributed by atoms with E-state index in [1.807, 2.05) is 0 Å². The number of nitrogens with zero attached hydrogens (tertiary/aromatic N) is 1. The zero-order valence-corrected chi connectivity index (χ0v) is 14.0. The molecule has 1 rings (SSSR count). The maximum atomic E-state index is 3.47. The van der Waals surface area contributed by atoms with E-state index in [1.165, 1.54) is 24.8 Å². The van der Waals surface area contributed by atoms with Gasteiger partial charge < -0.3 is 5.32 Å². The van der Waals surface area contributed by atoms with Gasteiger partial charge in [0.1, 0.15) is 0 Å². The smallest absolute Gasteiger partial charge is 0.0233 e. The summed E-state index contributed by atoms with van der Waals surface area (Å²) in [5.74, 6) is 0. The molecule has 0 saturated heterocycles. The molecule has 0 radical (unpaired) electrons. The second-order valence-corrected chi connectivity index (χ2v) is 6.20. The van der Waals surface area contributed by atoms with Gasteiger partial charge in [0.25, 0.3) is 0 Å². The van der Waals surface area contributed by atoms with Crippen LogP contribution in [0, 0.1) is 0 Å². The third-order valence-corrected chi connectivity index (χ3v) is 4.03. The molecule has 0 spiro atoms. The fourth-order valence-electron chi connectivity index (χ4n) is 2.08. The number of rotatable bonds is 9. The summed E-state index contributed by atoms with van der Waals surface area (Å²) in [6, 6.07) is 9.24. The molecule has 1 atom stereocenters. The topological polar surface area (TPSA) is 15.3 Å². The van der Waals surface area contributed by atoms with E-state index in [0.29, 0.717) is 6.04 Å². The van der Waals surface area contributed by atoms with Crippen molar-refractivity contribution in [2.24, 2.45) is 0 Å². The summed E-state index contributed by atoms with van der Waals surface area (Å²) in [6.07, 6.45) is 3.73. The van der Waals surface area contributed by atoms with Crippen molar-refractivity contribution >= 4 is 15.9 Å². The van der Waals surface area contributed by atoms with Gasteiger partial charge in [-0.25, -0.2) is 0 Å². The van der Waals surface area contributed by atoms with Crippen LogP contribution in [0.2, 0.25) is 0 Å². The Morgan fingerprint density at radius 1 is 1.21 bits per heavy atom. The van der Waals surface area contributed by atoms with E-state index in [2.05, 4.69) is 71.3 Å². The first-order valence-electron chi connectivity index (χ1n) is 7.29. The maximum Gasteiger partial charge on any atom is 0.0233 e. The average Bonchev–Trinajstić information content (AvgIpc) is 2.41. The number of hydrogen-bond donors (Lipinski definition) is 1. The van der Waals surface area contributed by atoms with Crippen LogP contribution in [-0.2, 0) is 6.54 Å². The Hall–Kier alpha value is -0.380. The highest BCUT2D eigenvalue weighted by molar-refractivity contribution is 9.10. The predicted molar refractivity (Wildman–Crippen MR) is 87.5 cm³/mol. The first-order chi connectivity index (χ1) is 9.13. The molecule has 0 saturated carbocycles. The van der Waals surface area contributed by atoms with Gasteiger partial charge >= 0.3 is 0 Å². The lowest BCUT2D eigenvalue weighted by molar-refractivity contribution is 0.234. The monoisotopic (exact) mass is 326 g/mol. The Kier molecular flexibility index (Phi) is 8.35. The molecule has 1 aromatic rings. The predicted octanol–water partition coefficient (Wildman–Crippen LogP) is 4.05. The zero-order chi connectivity index (χ0) is 14.1. The maximum absolute atomic E-state index is 3.47. The summed E-state index contributed by atoms with van der Waals surface area (Å²) in [5.41, 5.74) is 1.38. The summed E-state index contributed by atoms with van der Waals surface area (Å²) in [6.45, 7) is 7.84. The largest absolute Gasteiger partial charge is 0.317 e. The Morgan fingerprint density at radius 2 is 1.89 bits per heavy atom. The molecule has 0 aliphatic heterocycles. The molecule has 1 unspecified atom stereocenters. The number of nitrogens with one attached hydrogen (secondary N) is 1. The standard InChI is InChI=1S/C16H27BrN2/c1-4-11-18-12-5-6-14(2)19(3)13-15-7-9-16(17)10-8-15/h7-10,14,18H,4-6,11-13H2,1-3H3. The van der Waals surface area contributed by atoms with Gasteiger partial charge in [-0.2, -0.15) is 0 Å². The Bertz CT molecular complexity index is 337. The van der Waals surface area contributed by atoms with Gasteiger partial charge in [0, 0.05) is 17.1 Å². The molecule has 0 aliphatic rings. The molecule has 0 bridgehead atoms. The van der Waals surface area contributed by atoms with Crippen LogP contribution in [0.4, 0.5) is 0 Å². The van der Waals surface area contributed by atoms with Crippen molar-refractivity contribution in [3.8, 4) is 0 Å². The average molecular weight is 327 g/mol. The van der Waals surface area contributed by atoms with Gasteiger partial charge in [-0.15, -0.1) is 0 Å². The molecule has 0 aromatic heterocycles. The van der Waals surface area contributed by atoms with E-state index >= 15 is 0 Å². The molecule has 0 fully saturated rings. The summed E-state index contributed by atoms with van der Waals surface area (Å²) in [7, 11) is 2.21. The molecule has 19 heavy (non-hydrogen) atoms. The minimum absolute atomic E-state index is 0.632.